The lowest BCUT2D eigenvalue weighted by Crippen LogP contribution is -2.32. The van der Waals surface area contributed by atoms with E-state index in [2.05, 4.69) is 15.5 Å². The van der Waals surface area contributed by atoms with Crippen LogP contribution in [0.4, 0.5) is 0 Å². The number of hydrogen-bond acceptors (Lipinski definition) is 4. The van der Waals surface area contributed by atoms with Crippen molar-refractivity contribution < 1.29 is 9.53 Å². The summed E-state index contributed by atoms with van der Waals surface area (Å²) < 4.78 is 5.64. The lowest BCUT2D eigenvalue weighted by Gasteiger charge is -2.26. The number of amides is 1. The number of aryl methyl sites for hydroxylation is 1. The average molecular weight is 369 g/mol. The first kappa shape index (κ1) is 16.6. The molecule has 1 aliphatic heterocycles. The molecular formula is C19H17ClN4O2. The molecule has 0 unspecified atom stereocenters. The Kier molecular flexibility index (Phi) is 4.34. The molecule has 1 amide bonds. The lowest BCUT2D eigenvalue weighted by molar-refractivity contribution is 0.0918. The highest BCUT2D eigenvalue weighted by molar-refractivity contribution is 6.30. The summed E-state index contributed by atoms with van der Waals surface area (Å²) in [6.07, 6.45) is 0.713. The van der Waals surface area contributed by atoms with Crippen molar-refractivity contribution in [3.05, 3.63) is 70.5 Å². The molecule has 7 heteroatoms. The fourth-order valence-electron chi connectivity index (χ4n) is 3.02. The molecule has 2 aromatic carbocycles. The summed E-state index contributed by atoms with van der Waals surface area (Å²) in [6, 6.07) is 14.8. The Bertz CT molecular complexity index is 970. The molecule has 0 fully saturated rings. The van der Waals surface area contributed by atoms with Crippen molar-refractivity contribution in [2.24, 2.45) is 0 Å². The molecular weight excluding hydrogens is 352 g/mol. The van der Waals surface area contributed by atoms with E-state index in [1.165, 1.54) is 4.80 Å². The van der Waals surface area contributed by atoms with Gasteiger partial charge in [0.05, 0.1) is 24.0 Å². The molecule has 1 N–H and O–H groups in total. The highest BCUT2D eigenvalue weighted by Gasteiger charge is 2.25. The number of hydrogen-bond donors (Lipinski definition) is 1. The molecule has 1 aromatic heterocycles. The first-order valence-corrected chi connectivity index (χ1v) is 8.72. The van der Waals surface area contributed by atoms with Crippen molar-refractivity contribution in [3.63, 3.8) is 0 Å². The van der Waals surface area contributed by atoms with E-state index in [-0.39, 0.29) is 11.9 Å². The van der Waals surface area contributed by atoms with Crippen molar-refractivity contribution in [1.82, 2.24) is 20.3 Å². The Labute approximate surface area is 155 Å². The van der Waals surface area contributed by atoms with Crippen LogP contribution in [-0.4, -0.2) is 27.5 Å². The molecule has 4 rings (SSSR count). The van der Waals surface area contributed by atoms with Crippen molar-refractivity contribution in [3.8, 4) is 11.4 Å². The second-order valence-corrected chi connectivity index (χ2v) is 6.54. The van der Waals surface area contributed by atoms with Crippen LogP contribution >= 0.6 is 11.6 Å². The summed E-state index contributed by atoms with van der Waals surface area (Å²) in [5.41, 5.74) is 2.54. The van der Waals surface area contributed by atoms with E-state index in [0.29, 0.717) is 35.1 Å². The van der Waals surface area contributed by atoms with E-state index >= 15 is 0 Å². The molecule has 0 aliphatic carbocycles. The molecule has 2 heterocycles. The first-order chi connectivity index (χ1) is 12.6. The van der Waals surface area contributed by atoms with Gasteiger partial charge < -0.3 is 10.1 Å². The summed E-state index contributed by atoms with van der Waals surface area (Å²) in [4.78, 5) is 14.2. The van der Waals surface area contributed by atoms with Gasteiger partial charge in [-0.2, -0.15) is 9.90 Å². The molecule has 26 heavy (non-hydrogen) atoms. The number of aromatic nitrogens is 3. The maximum atomic E-state index is 12.8. The normalized spacial score (nSPS) is 15.8. The number of halogens is 1. The van der Waals surface area contributed by atoms with Gasteiger partial charge in [0.2, 0.25) is 0 Å². The number of rotatable bonds is 3. The van der Waals surface area contributed by atoms with Crippen molar-refractivity contribution in [2.45, 2.75) is 19.4 Å². The lowest BCUT2D eigenvalue weighted by atomic mass is 10.0. The summed E-state index contributed by atoms with van der Waals surface area (Å²) in [5.74, 6) is 0.556. The third-order valence-corrected chi connectivity index (χ3v) is 4.54. The average Bonchev–Trinajstić information content (AvgIpc) is 3.04. The van der Waals surface area contributed by atoms with Gasteiger partial charge in [-0.15, -0.1) is 5.10 Å². The second-order valence-electron chi connectivity index (χ2n) is 6.10. The van der Waals surface area contributed by atoms with Gasteiger partial charge in [-0.25, -0.2) is 0 Å². The number of para-hydroxylation sites is 1. The minimum atomic E-state index is -0.252. The van der Waals surface area contributed by atoms with Gasteiger partial charge in [0.15, 0.2) is 5.69 Å². The predicted octanol–water partition coefficient (Wildman–Crippen LogP) is 3.48. The number of carbonyl (C=O) groups is 1. The van der Waals surface area contributed by atoms with E-state index in [4.69, 9.17) is 16.3 Å². The monoisotopic (exact) mass is 368 g/mol. The molecule has 0 saturated heterocycles. The van der Waals surface area contributed by atoms with Gasteiger partial charge in [0.1, 0.15) is 5.75 Å². The predicted molar refractivity (Wildman–Crippen MR) is 97.9 cm³/mol. The zero-order valence-electron chi connectivity index (χ0n) is 14.1. The molecule has 132 valence electrons. The number of nitrogens with zero attached hydrogens (tertiary/aromatic N) is 3. The quantitative estimate of drug-likeness (QED) is 0.768. The highest BCUT2D eigenvalue weighted by atomic mass is 35.5. The second kappa shape index (κ2) is 6.80. The molecule has 3 aromatic rings. The Morgan fingerprint density at radius 3 is 2.92 bits per heavy atom. The van der Waals surface area contributed by atoms with Crippen LogP contribution < -0.4 is 10.1 Å². The Hall–Kier alpha value is -2.86. The molecule has 0 spiro atoms. The molecule has 1 aliphatic rings. The van der Waals surface area contributed by atoms with Gasteiger partial charge in [0, 0.05) is 17.0 Å². The van der Waals surface area contributed by atoms with Crippen LogP contribution in [0, 0.1) is 6.92 Å². The first-order valence-electron chi connectivity index (χ1n) is 8.34. The molecule has 6 nitrogen and oxygen atoms in total. The van der Waals surface area contributed by atoms with Gasteiger partial charge in [0.25, 0.3) is 5.91 Å². The topological polar surface area (TPSA) is 69.0 Å². The molecule has 0 saturated carbocycles. The summed E-state index contributed by atoms with van der Waals surface area (Å²) in [7, 11) is 0. The SMILES string of the molecule is Cc1nn(-c2cccc(Cl)c2)nc1C(=O)N[C@H]1CCOc2ccccc21. The fraction of sp³-hybridized carbons (Fsp3) is 0.211. The van der Waals surface area contributed by atoms with Crippen LogP contribution in [-0.2, 0) is 0 Å². The third-order valence-electron chi connectivity index (χ3n) is 4.30. The standard InChI is InChI=1S/C19H17ClN4O2/c1-12-18(23-24(22-12)14-6-4-5-13(20)11-14)19(25)21-16-9-10-26-17-8-3-2-7-15(16)17/h2-8,11,16H,9-10H2,1H3,(H,21,25)/t16-/m0/s1. The maximum absolute atomic E-state index is 12.8. The van der Waals surface area contributed by atoms with Crippen molar-refractivity contribution >= 4 is 17.5 Å². The number of ether oxygens (including phenoxy) is 1. The van der Waals surface area contributed by atoms with Crippen LogP contribution in [0.25, 0.3) is 5.69 Å². The molecule has 1 atom stereocenters. The van der Waals surface area contributed by atoms with Crippen molar-refractivity contribution in [1.29, 1.82) is 0 Å². The Morgan fingerprint density at radius 2 is 2.08 bits per heavy atom. The zero-order chi connectivity index (χ0) is 18.1. The highest BCUT2D eigenvalue weighted by Crippen LogP contribution is 2.31. The molecule has 0 radical (unpaired) electrons. The van der Waals surface area contributed by atoms with Gasteiger partial charge in [-0.1, -0.05) is 35.9 Å². The van der Waals surface area contributed by atoms with E-state index in [9.17, 15) is 4.79 Å². The van der Waals surface area contributed by atoms with Gasteiger partial charge in [-0.3, -0.25) is 4.79 Å². The van der Waals surface area contributed by atoms with Crippen LogP contribution in [0.5, 0.6) is 5.75 Å². The van der Waals surface area contributed by atoms with E-state index in [1.807, 2.05) is 36.4 Å². The zero-order valence-corrected chi connectivity index (χ0v) is 14.9. The minimum absolute atomic E-state index is 0.108. The largest absolute Gasteiger partial charge is 0.493 e. The Morgan fingerprint density at radius 1 is 1.23 bits per heavy atom. The molecule has 0 bridgehead atoms. The maximum Gasteiger partial charge on any atom is 0.274 e. The summed E-state index contributed by atoms with van der Waals surface area (Å²) in [6.45, 7) is 2.33. The smallest absolute Gasteiger partial charge is 0.274 e. The van der Waals surface area contributed by atoms with E-state index < -0.39 is 0 Å². The number of carbonyl (C=O) groups excluding carboxylic acids is 1. The van der Waals surface area contributed by atoms with Crippen LogP contribution in [0.15, 0.2) is 48.5 Å². The van der Waals surface area contributed by atoms with E-state index in [1.54, 1.807) is 19.1 Å². The number of fused-ring (bicyclic) bond motifs is 1. The number of benzene rings is 2. The fourth-order valence-corrected chi connectivity index (χ4v) is 3.21. The van der Waals surface area contributed by atoms with Crippen molar-refractivity contribution in [2.75, 3.05) is 6.61 Å². The minimum Gasteiger partial charge on any atom is -0.493 e. The van der Waals surface area contributed by atoms with Crippen LogP contribution in [0.3, 0.4) is 0 Å². The summed E-state index contributed by atoms with van der Waals surface area (Å²) in [5, 5.41) is 12.3. The van der Waals surface area contributed by atoms with Gasteiger partial charge >= 0.3 is 0 Å². The third kappa shape index (κ3) is 3.15. The Balaban J connectivity index is 1.58. The number of nitrogens with one attached hydrogen (secondary N) is 1. The van der Waals surface area contributed by atoms with Crippen LogP contribution in [0.1, 0.15) is 34.2 Å². The van der Waals surface area contributed by atoms with Gasteiger partial charge in [-0.05, 0) is 31.2 Å². The van der Waals surface area contributed by atoms with Crippen LogP contribution in [0.2, 0.25) is 5.02 Å². The summed E-state index contributed by atoms with van der Waals surface area (Å²) >= 11 is 6.02. The van der Waals surface area contributed by atoms with E-state index in [0.717, 1.165) is 11.3 Å².